The summed E-state index contributed by atoms with van der Waals surface area (Å²) < 4.78 is 0. The third-order valence-electron chi connectivity index (χ3n) is 3.16. The van der Waals surface area contributed by atoms with Crippen molar-refractivity contribution in [2.75, 3.05) is 13.1 Å². The number of rotatable bonds is 0. The summed E-state index contributed by atoms with van der Waals surface area (Å²) in [5.74, 6) is 2.14. The fraction of sp³-hybridized carbons (Fsp3) is 1.00. The van der Waals surface area contributed by atoms with E-state index in [9.17, 15) is 0 Å². The first-order chi connectivity index (χ1) is 4.97. The Morgan fingerprint density at radius 2 is 1.70 bits per heavy atom. The standard InChI is InChI=1S/C9H17N/c1-2-4-9-7-10-6-5-8(9)3-1/h8-10H,1-7H2/t8?,9-/m0/s1. The van der Waals surface area contributed by atoms with Crippen molar-refractivity contribution in [3.05, 3.63) is 0 Å². The molecule has 0 amide bonds. The molecule has 2 fully saturated rings. The van der Waals surface area contributed by atoms with Crippen LogP contribution in [0.25, 0.3) is 0 Å². The predicted molar refractivity (Wildman–Crippen MR) is 42.9 cm³/mol. The summed E-state index contributed by atoms with van der Waals surface area (Å²) in [5, 5.41) is 3.48. The first kappa shape index (κ1) is 6.66. The topological polar surface area (TPSA) is 12.0 Å². The Morgan fingerprint density at radius 3 is 2.50 bits per heavy atom. The SMILES string of the molecule is C1CC[C@H]2CNCCC2C1. The minimum Gasteiger partial charge on any atom is -0.316 e. The Labute approximate surface area is 63.2 Å². The Morgan fingerprint density at radius 1 is 0.900 bits per heavy atom. The number of piperidine rings is 1. The van der Waals surface area contributed by atoms with Crippen LogP contribution in [0.1, 0.15) is 32.1 Å². The molecule has 0 spiro atoms. The van der Waals surface area contributed by atoms with Gasteiger partial charge in [0, 0.05) is 0 Å². The Kier molecular flexibility index (Phi) is 1.94. The van der Waals surface area contributed by atoms with Crippen LogP contribution in [0.5, 0.6) is 0 Å². The second-order valence-corrected chi connectivity index (χ2v) is 3.80. The molecule has 1 saturated heterocycles. The fourth-order valence-corrected chi connectivity index (χ4v) is 2.51. The van der Waals surface area contributed by atoms with Gasteiger partial charge in [-0.05, 0) is 37.8 Å². The van der Waals surface area contributed by atoms with Crippen LogP contribution in [-0.2, 0) is 0 Å². The third-order valence-corrected chi connectivity index (χ3v) is 3.16. The van der Waals surface area contributed by atoms with E-state index >= 15 is 0 Å². The molecule has 58 valence electrons. The predicted octanol–water partition coefficient (Wildman–Crippen LogP) is 1.79. The molecule has 1 heterocycles. The van der Waals surface area contributed by atoms with E-state index in [1.54, 1.807) is 0 Å². The first-order valence-corrected chi connectivity index (χ1v) is 4.67. The summed E-state index contributed by atoms with van der Waals surface area (Å²) in [7, 11) is 0. The Bertz CT molecular complexity index is 85.3. The fourth-order valence-electron chi connectivity index (χ4n) is 2.51. The van der Waals surface area contributed by atoms with Crippen LogP contribution in [0.15, 0.2) is 0 Å². The van der Waals surface area contributed by atoms with E-state index in [0.717, 1.165) is 11.8 Å². The van der Waals surface area contributed by atoms with E-state index in [0.29, 0.717) is 0 Å². The molecular formula is C9H17N. The minimum absolute atomic E-state index is 1.04. The molecule has 0 radical (unpaired) electrons. The zero-order valence-corrected chi connectivity index (χ0v) is 6.60. The van der Waals surface area contributed by atoms with Crippen molar-refractivity contribution >= 4 is 0 Å². The summed E-state index contributed by atoms with van der Waals surface area (Å²) in [4.78, 5) is 0. The Balaban J connectivity index is 1.93. The molecule has 1 unspecified atom stereocenters. The normalized spacial score (nSPS) is 40.8. The quantitative estimate of drug-likeness (QED) is 0.539. The van der Waals surface area contributed by atoms with Gasteiger partial charge >= 0.3 is 0 Å². The maximum Gasteiger partial charge on any atom is -0.00179 e. The summed E-state index contributed by atoms with van der Waals surface area (Å²) in [5.41, 5.74) is 0. The highest BCUT2D eigenvalue weighted by atomic mass is 14.9. The monoisotopic (exact) mass is 139 g/mol. The molecule has 2 rings (SSSR count). The van der Waals surface area contributed by atoms with Crippen molar-refractivity contribution in [3.8, 4) is 0 Å². The molecule has 1 aliphatic carbocycles. The Hall–Kier alpha value is -0.0400. The lowest BCUT2D eigenvalue weighted by molar-refractivity contribution is 0.185. The van der Waals surface area contributed by atoms with Gasteiger partial charge in [-0.1, -0.05) is 19.3 Å². The average Bonchev–Trinajstić information content (AvgIpc) is 2.05. The maximum atomic E-state index is 3.48. The van der Waals surface area contributed by atoms with Crippen LogP contribution < -0.4 is 5.32 Å². The second-order valence-electron chi connectivity index (χ2n) is 3.80. The van der Waals surface area contributed by atoms with Gasteiger partial charge in [0.15, 0.2) is 0 Å². The van der Waals surface area contributed by atoms with E-state index < -0.39 is 0 Å². The van der Waals surface area contributed by atoms with Crippen LogP contribution >= 0.6 is 0 Å². The smallest absolute Gasteiger partial charge is 0.00179 e. The van der Waals surface area contributed by atoms with E-state index in [1.807, 2.05) is 0 Å². The van der Waals surface area contributed by atoms with Crippen LogP contribution in [0.4, 0.5) is 0 Å². The number of hydrogen-bond donors (Lipinski definition) is 1. The highest BCUT2D eigenvalue weighted by molar-refractivity contribution is 4.81. The van der Waals surface area contributed by atoms with Gasteiger partial charge in [-0.2, -0.15) is 0 Å². The molecule has 1 N–H and O–H groups in total. The van der Waals surface area contributed by atoms with Gasteiger partial charge in [-0.25, -0.2) is 0 Å². The number of fused-ring (bicyclic) bond motifs is 1. The molecule has 1 saturated carbocycles. The van der Waals surface area contributed by atoms with Crippen molar-refractivity contribution in [1.82, 2.24) is 5.32 Å². The summed E-state index contributed by atoms with van der Waals surface area (Å²) >= 11 is 0. The molecule has 0 bridgehead atoms. The van der Waals surface area contributed by atoms with Crippen LogP contribution in [0.2, 0.25) is 0 Å². The largest absolute Gasteiger partial charge is 0.316 e. The van der Waals surface area contributed by atoms with Crippen molar-refractivity contribution in [1.29, 1.82) is 0 Å². The summed E-state index contributed by atoms with van der Waals surface area (Å²) in [6.07, 6.45) is 7.46. The van der Waals surface area contributed by atoms with Crippen molar-refractivity contribution in [3.63, 3.8) is 0 Å². The van der Waals surface area contributed by atoms with E-state index in [2.05, 4.69) is 5.32 Å². The molecule has 1 heteroatoms. The third kappa shape index (κ3) is 1.20. The summed E-state index contributed by atoms with van der Waals surface area (Å²) in [6, 6.07) is 0. The highest BCUT2D eigenvalue weighted by Crippen LogP contribution is 2.33. The van der Waals surface area contributed by atoms with Crippen LogP contribution in [0, 0.1) is 11.8 Å². The lowest BCUT2D eigenvalue weighted by Gasteiger charge is -2.35. The lowest BCUT2D eigenvalue weighted by atomic mass is 9.76. The molecule has 2 atom stereocenters. The van der Waals surface area contributed by atoms with Crippen LogP contribution in [-0.4, -0.2) is 13.1 Å². The molecule has 1 nitrogen and oxygen atoms in total. The van der Waals surface area contributed by atoms with Gasteiger partial charge < -0.3 is 5.32 Å². The molecule has 1 aliphatic heterocycles. The molecule has 2 aliphatic rings. The average molecular weight is 139 g/mol. The highest BCUT2D eigenvalue weighted by Gasteiger charge is 2.26. The molecule has 0 aromatic heterocycles. The minimum atomic E-state index is 1.04. The molecule has 0 aromatic carbocycles. The molecular weight excluding hydrogens is 122 g/mol. The lowest BCUT2D eigenvalue weighted by Crippen LogP contribution is -2.38. The van der Waals surface area contributed by atoms with E-state index in [4.69, 9.17) is 0 Å². The van der Waals surface area contributed by atoms with Gasteiger partial charge in [-0.3, -0.25) is 0 Å². The van der Waals surface area contributed by atoms with Gasteiger partial charge in [0.1, 0.15) is 0 Å². The van der Waals surface area contributed by atoms with Gasteiger partial charge in [0.05, 0.1) is 0 Å². The second kappa shape index (κ2) is 2.91. The van der Waals surface area contributed by atoms with Crippen molar-refractivity contribution in [2.24, 2.45) is 11.8 Å². The van der Waals surface area contributed by atoms with Crippen LogP contribution in [0.3, 0.4) is 0 Å². The zero-order chi connectivity index (χ0) is 6.81. The van der Waals surface area contributed by atoms with E-state index in [1.165, 1.54) is 45.2 Å². The van der Waals surface area contributed by atoms with Gasteiger partial charge in [0.2, 0.25) is 0 Å². The van der Waals surface area contributed by atoms with E-state index in [-0.39, 0.29) is 0 Å². The van der Waals surface area contributed by atoms with Gasteiger partial charge in [0.25, 0.3) is 0 Å². The maximum absolute atomic E-state index is 3.48. The molecule has 10 heavy (non-hydrogen) atoms. The number of nitrogens with one attached hydrogen (secondary N) is 1. The summed E-state index contributed by atoms with van der Waals surface area (Å²) in [6.45, 7) is 2.59. The zero-order valence-electron chi connectivity index (χ0n) is 6.60. The number of hydrogen-bond acceptors (Lipinski definition) is 1. The molecule has 0 aromatic rings. The van der Waals surface area contributed by atoms with Gasteiger partial charge in [-0.15, -0.1) is 0 Å². The van der Waals surface area contributed by atoms with Crippen molar-refractivity contribution < 1.29 is 0 Å². The first-order valence-electron chi connectivity index (χ1n) is 4.67. The van der Waals surface area contributed by atoms with Crippen molar-refractivity contribution in [2.45, 2.75) is 32.1 Å².